The van der Waals surface area contributed by atoms with Crippen LogP contribution in [-0.2, 0) is 0 Å². The first-order valence-electron chi connectivity index (χ1n) is 6.16. The Bertz CT molecular complexity index is 348. The van der Waals surface area contributed by atoms with E-state index in [1.54, 1.807) is 6.20 Å². The number of carbonyl (C=O) groups is 1. The third-order valence-corrected chi connectivity index (χ3v) is 2.72. The summed E-state index contributed by atoms with van der Waals surface area (Å²) in [6, 6.07) is 3.64. The third-order valence-electron chi connectivity index (χ3n) is 2.72. The number of anilines is 1. The summed E-state index contributed by atoms with van der Waals surface area (Å²) in [5.41, 5.74) is 0.655. The number of aromatic nitrogens is 1. The van der Waals surface area contributed by atoms with Crippen LogP contribution in [0.4, 0.5) is 5.82 Å². The second kappa shape index (κ2) is 6.89. The van der Waals surface area contributed by atoms with Crippen LogP contribution in [0, 0.1) is 0 Å². The second-order valence-electron chi connectivity index (χ2n) is 3.92. The SMILES string of the molecule is CCCCN(CC)C(=O)c1ccc(NC)nc1. The average molecular weight is 235 g/mol. The summed E-state index contributed by atoms with van der Waals surface area (Å²) in [5.74, 6) is 0.842. The highest BCUT2D eigenvalue weighted by molar-refractivity contribution is 5.94. The highest BCUT2D eigenvalue weighted by Crippen LogP contribution is 2.08. The molecule has 4 nitrogen and oxygen atoms in total. The van der Waals surface area contributed by atoms with Crippen molar-refractivity contribution in [3.63, 3.8) is 0 Å². The summed E-state index contributed by atoms with van der Waals surface area (Å²) in [5, 5.41) is 2.93. The standard InChI is InChI=1S/C13H21N3O/c1-4-6-9-16(5-2)13(17)11-7-8-12(14-3)15-10-11/h7-8,10H,4-6,9H2,1-3H3,(H,14,15). The molecule has 4 heteroatoms. The van der Waals surface area contributed by atoms with Gasteiger partial charge in [0.1, 0.15) is 5.82 Å². The summed E-state index contributed by atoms with van der Waals surface area (Å²) in [6.07, 6.45) is 3.77. The molecule has 1 amide bonds. The van der Waals surface area contributed by atoms with Gasteiger partial charge in [-0.1, -0.05) is 13.3 Å². The van der Waals surface area contributed by atoms with E-state index in [1.807, 2.05) is 31.0 Å². The van der Waals surface area contributed by atoms with Gasteiger partial charge in [-0.3, -0.25) is 4.79 Å². The molecule has 0 saturated heterocycles. The first-order chi connectivity index (χ1) is 8.22. The minimum absolute atomic E-state index is 0.0658. The van der Waals surface area contributed by atoms with Crippen LogP contribution in [0.5, 0.6) is 0 Å². The molecule has 0 unspecified atom stereocenters. The Morgan fingerprint density at radius 3 is 2.65 bits per heavy atom. The van der Waals surface area contributed by atoms with Gasteiger partial charge in [0.05, 0.1) is 5.56 Å². The molecule has 0 fully saturated rings. The number of carbonyl (C=O) groups excluding carboxylic acids is 1. The lowest BCUT2D eigenvalue weighted by atomic mass is 10.2. The van der Waals surface area contributed by atoms with Gasteiger partial charge in [-0.15, -0.1) is 0 Å². The number of pyridine rings is 1. The summed E-state index contributed by atoms with van der Waals surface area (Å²) < 4.78 is 0. The molecule has 1 heterocycles. The normalized spacial score (nSPS) is 10.1. The molecule has 0 spiro atoms. The van der Waals surface area contributed by atoms with E-state index in [-0.39, 0.29) is 5.91 Å². The minimum Gasteiger partial charge on any atom is -0.373 e. The lowest BCUT2D eigenvalue weighted by Crippen LogP contribution is -2.31. The first-order valence-corrected chi connectivity index (χ1v) is 6.16. The van der Waals surface area contributed by atoms with E-state index in [9.17, 15) is 4.79 Å². The molecule has 1 rings (SSSR count). The van der Waals surface area contributed by atoms with E-state index in [4.69, 9.17) is 0 Å². The molecular weight excluding hydrogens is 214 g/mol. The molecule has 0 aliphatic heterocycles. The molecule has 1 aromatic rings. The lowest BCUT2D eigenvalue weighted by molar-refractivity contribution is 0.0762. The largest absolute Gasteiger partial charge is 0.373 e. The first kappa shape index (κ1) is 13.5. The van der Waals surface area contributed by atoms with Crippen LogP contribution in [0.1, 0.15) is 37.0 Å². The zero-order valence-corrected chi connectivity index (χ0v) is 10.9. The maximum atomic E-state index is 12.1. The molecule has 0 radical (unpaired) electrons. The van der Waals surface area contributed by atoms with Gasteiger partial charge in [0.15, 0.2) is 0 Å². The Hall–Kier alpha value is -1.58. The quantitative estimate of drug-likeness (QED) is 0.823. The molecule has 94 valence electrons. The van der Waals surface area contributed by atoms with Crippen LogP contribution in [0.2, 0.25) is 0 Å². The lowest BCUT2D eigenvalue weighted by Gasteiger charge is -2.20. The Labute approximate surface area is 103 Å². The van der Waals surface area contributed by atoms with E-state index in [1.165, 1.54) is 0 Å². The van der Waals surface area contributed by atoms with Crippen molar-refractivity contribution in [2.24, 2.45) is 0 Å². The van der Waals surface area contributed by atoms with Crippen LogP contribution >= 0.6 is 0 Å². The number of unbranched alkanes of at least 4 members (excludes halogenated alkanes) is 1. The maximum Gasteiger partial charge on any atom is 0.255 e. The zero-order chi connectivity index (χ0) is 12.7. The molecule has 0 aliphatic carbocycles. The fourth-order valence-electron chi connectivity index (χ4n) is 1.60. The van der Waals surface area contributed by atoms with Crippen molar-refractivity contribution < 1.29 is 4.79 Å². The van der Waals surface area contributed by atoms with Gasteiger partial charge < -0.3 is 10.2 Å². The molecule has 0 saturated carbocycles. The van der Waals surface area contributed by atoms with Crippen molar-refractivity contribution in [3.8, 4) is 0 Å². The summed E-state index contributed by atoms with van der Waals surface area (Å²) in [4.78, 5) is 18.2. The Morgan fingerprint density at radius 2 is 2.18 bits per heavy atom. The van der Waals surface area contributed by atoms with E-state index in [0.29, 0.717) is 5.56 Å². The van der Waals surface area contributed by atoms with Crippen molar-refractivity contribution in [1.82, 2.24) is 9.88 Å². The van der Waals surface area contributed by atoms with Gasteiger partial charge in [-0.2, -0.15) is 0 Å². The maximum absolute atomic E-state index is 12.1. The van der Waals surface area contributed by atoms with Gasteiger partial charge in [0.2, 0.25) is 0 Å². The fraction of sp³-hybridized carbons (Fsp3) is 0.538. The minimum atomic E-state index is 0.0658. The molecule has 1 N–H and O–H groups in total. The summed E-state index contributed by atoms with van der Waals surface area (Å²) in [7, 11) is 1.81. The van der Waals surface area contributed by atoms with E-state index in [2.05, 4.69) is 17.2 Å². The Morgan fingerprint density at radius 1 is 1.41 bits per heavy atom. The predicted molar refractivity (Wildman–Crippen MR) is 70.3 cm³/mol. The molecule has 0 aromatic carbocycles. The number of nitrogens with one attached hydrogen (secondary N) is 1. The van der Waals surface area contributed by atoms with Crippen molar-refractivity contribution in [2.45, 2.75) is 26.7 Å². The molecule has 0 bridgehead atoms. The number of rotatable bonds is 6. The average Bonchev–Trinajstić information content (AvgIpc) is 2.39. The van der Waals surface area contributed by atoms with Crippen LogP contribution in [0.15, 0.2) is 18.3 Å². The van der Waals surface area contributed by atoms with Crippen LogP contribution in [0.3, 0.4) is 0 Å². The van der Waals surface area contributed by atoms with Gasteiger partial charge >= 0.3 is 0 Å². The number of hydrogen-bond acceptors (Lipinski definition) is 3. The van der Waals surface area contributed by atoms with Crippen molar-refractivity contribution in [3.05, 3.63) is 23.9 Å². The molecular formula is C13H21N3O. The Kier molecular flexibility index (Phi) is 5.46. The number of hydrogen-bond donors (Lipinski definition) is 1. The monoisotopic (exact) mass is 235 g/mol. The van der Waals surface area contributed by atoms with Crippen molar-refractivity contribution in [2.75, 3.05) is 25.5 Å². The summed E-state index contributed by atoms with van der Waals surface area (Å²) >= 11 is 0. The molecule has 0 aliphatic rings. The van der Waals surface area contributed by atoms with E-state index >= 15 is 0 Å². The third kappa shape index (κ3) is 3.73. The number of amides is 1. The predicted octanol–water partition coefficient (Wildman–Crippen LogP) is 2.39. The van der Waals surface area contributed by atoms with Crippen LogP contribution in [0.25, 0.3) is 0 Å². The van der Waals surface area contributed by atoms with E-state index < -0.39 is 0 Å². The van der Waals surface area contributed by atoms with Gasteiger partial charge in [0, 0.05) is 26.3 Å². The fourth-order valence-corrected chi connectivity index (χ4v) is 1.60. The summed E-state index contributed by atoms with van der Waals surface area (Å²) in [6.45, 7) is 5.69. The second-order valence-corrected chi connectivity index (χ2v) is 3.92. The van der Waals surface area contributed by atoms with Gasteiger partial charge in [-0.05, 0) is 25.5 Å². The van der Waals surface area contributed by atoms with Crippen LogP contribution in [-0.4, -0.2) is 35.9 Å². The van der Waals surface area contributed by atoms with Gasteiger partial charge in [0.25, 0.3) is 5.91 Å². The molecule has 0 atom stereocenters. The smallest absolute Gasteiger partial charge is 0.255 e. The molecule has 1 aromatic heterocycles. The van der Waals surface area contributed by atoms with Crippen molar-refractivity contribution in [1.29, 1.82) is 0 Å². The highest BCUT2D eigenvalue weighted by Gasteiger charge is 2.13. The van der Waals surface area contributed by atoms with Gasteiger partial charge in [-0.25, -0.2) is 4.98 Å². The highest BCUT2D eigenvalue weighted by atomic mass is 16.2. The van der Waals surface area contributed by atoms with Crippen LogP contribution < -0.4 is 5.32 Å². The topological polar surface area (TPSA) is 45.2 Å². The van der Waals surface area contributed by atoms with Crippen molar-refractivity contribution >= 4 is 11.7 Å². The zero-order valence-electron chi connectivity index (χ0n) is 10.9. The van der Waals surface area contributed by atoms with E-state index in [0.717, 1.165) is 31.7 Å². The Balaban J connectivity index is 2.71. The number of nitrogens with zero attached hydrogens (tertiary/aromatic N) is 2. The molecule has 17 heavy (non-hydrogen) atoms.